The number of thiocarbonyl (C=S) groups is 1. The van der Waals surface area contributed by atoms with Crippen molar-refractivity contribution < 1.29 is 4.79 Å². The molecule has 1 fully saturated rings. The van der Waals surface area contributed by atoms with E-state index in [9.17, 15) is 9.59 Å². The number of aryl methyl sites for hydroxylation is 1. The monoisotopic (exact) mass is 398 g/mol. The van der Waals surface area contributed by atoms with Crippen LogP contribution in [0.5, 0.6) is 0 Å². The average molecular weight is 399 g/mol. The highest BCUT2D eigenvalue weighted by Gasteiger charge is 2.31. The highest BCUT2D eigenvalue weighted by molar-refractivity contribution is 8.26. The van der Waals surface area contributed by atoms with Crippen molar-refractivity contribution in [2.24, 2.45) is 0 Å². The zero-order chi connectivity index (χ0) is 19.6. The lowest BCUT2D eigenvalue weighted by molar-refractivity contribution is -0.121. The summed E-state index contributed by atoms with van der Waals surface area (Å²) in [5, 5.41) is 3.09. The van der Waals surface area contributed by atoms with Crippen LogP contribution in [0.1, 0.15) is 11.1 Å². The van der Waals surface area contributed by atoms with E-state index in [2.05, 4.69) is 23.5 Å². The third-order valence-corrected chi connectivity index (χ3v) is 5.34. The third kappa shape index (κ3) is 3.58. The van der Waals surface area contributed by atoms with Crippen molar-refractivity contribution in [3.8, 4) is 0 Å². The van der Waals surface area contributed by atoms with Gasteiger partial charge in [-0.25, -0.2) is 4.98 Å². The van der Waals surface area contributed by atoms with Crippen LogP contribution in [-0.2, 0) is 4.79 Å². The maximum absolute atomic E-state index is 13.1. The highest BCUT2D eigenvalue weighted by Crippen LogP contribution is 2.32. The largest absolute Gasteiger partial charge is 0.366 e. The van der Waals surface area contributed by atoms with Crippen LogP contribution in [0.3, 0.4) is 0 Å². The average Bonchev–Trinajstić information content (AvgIpc) is 2.91. The second-order valence-corrected chi connectivity index (χ2v) is 7.49. The Hall–Kier alpha value is -2.71. The first-order chi connectivity index (χ1) is 13.0. The number of anilines is 1. The Labute approximate surface area is 166 Å². The van der Waals surface area contributed by atoms with Gasteiger partial charge < -0.3 is 5.32 Å². The molecule has 3 heterocycles. The molecule has 8 heteroatoms. The maximum atomic E-state index is 13.1. The van der Waals surface area contributed by atoms with Gasteiger partial charge in [-0.05, 0) is 24.6 Å². The summed E-state index contributed by atoms with van der Waals surface area (Å²) in [5.74, 6) is 0.163. The molecule has 0 radical (unpaired) electrons. The molecule has 3 rings (SSSR count). The number of pyridine rings is 1. The topological polar surface area (TPSA) is 66.7 Å². The fourth-order valence-electron chi connectivity index (χ4n) is 2.66. The molecule has 27 heavy (non-hydrogen) atoms. The predicted octanol–water partition coefficient (Wildman–Crippen LogP) is 2.99. The van der Waals surface area contributed by atoms with E-state index >= 15 is 0 Å². The lowest BCUT2D eigenvalue weighted by Gasteiger charge is -2.11. The van der Waals surface area contributed by atoms with Crippen LogP contribution < -0.4 is 10.9 Å². The lowest BCUT2D eigenvalue weighted by atomic mass is 10.2. The number of amides is 1. The Morgan fingerprint density at radius 2 is 2.11 bits per heavy atom. The molecule has 2 aromatic rings. The molecule has 0 unspecified atom stereocenters. The minimum absolute atomic E-state index is 0.242. The summed E-state index contributed by atoms with van der Waals surface area (Å²) in [6.45, 7) is 9.98. The second-order valence-electron chi connectivity index (χ2n) is 5.81. The van der Waals surface area contributed by atoms with E-state index in [1.54, 1.807) is 30.5 Å². The van der Waals surface area contributed by atoms with Crippen LogP contribution in [0.2, 0.25) is 0 Å². The standard InChI is InChI=1S/C19H18N4O2S2/c1-4-8-20-15-13(11-14-18(25)23(9-5-2)19(26)27-14)17(24)22-10-6-7-12(3)16(22)21-15/h4-7,10-11,20H,1-2,8-9H2,3H3. The van der Waals surface area contributed by atoms with Gasteiger partial charge >= 0.3 is 0 Å². The van der Waals surface area contributed by atoms with Crippen molar-refractivity contribution in [3.63, 3.8) is 0 Å². The van der Waals surface area contributed by atoms with E-state index in [4.69, 9.17) is 12.2 Å². The number of aromatic nitrogens is 2. The van der Waals surface area contributed by atoms with Crippen LogP contribution in [0, 0.1) is 6.92 Å². The second kappa shape index (κ2) is 7.89. The van der Waals surface area contributed by atoms with E-state index in [0.29, 0.717) is 39.3 Å². The molecule has 0 aliphatic carbocycles. The van der Waals surface area contributed by atoms with Crippen molar-refractivity contribution in [1.82, 2.24) is 14.3 Å². The molecule has 1 saturated heterocycles. The summed E-state index contributed by atoms with van der Waals surface area (Å²) >= 11 is 6.42. The Morgan fingerprint density at radius 3 is 2.81 bits per heavy atom. The molecule has 0 saturated carbocycles. The Bertz CT molecular complexity index is 1060. The lowest BCUT2D eigenvalue weighted by Crippen LogP contribution is -2.28. The van der Waals surface area contributed by atoms with Gasteiger partial charge in [0.1, 0.15) is 15.8 Å². The van der Waals surface area contributed by atoms with Crippen LogP contribution >= 0.6 is 24.0 Å². The predicted molar refractivity (Wildman–Crippen MR) is 115 cm³/mol. The van der Waals surface area contributed by atoms with Gasteiger partial charge in [-0.1, -0.05) is 42.2 Å². The van der Waals surface area contributed by atoms with Gasteiger partial charge in [-0.15, -0.1) is 13.2 Å². The summed E-state index contributed by atoms with van der Waals surface area (Å²) < 4.78 is 1.92. The minimum Gasteiger partial charge on any atom is -0.366 e. The van der Waals surface area contributed by atoms with Crippen molar-refractivity contribution >= 4 is 51.7 Å². The van der Waals surface area contributed by atoms with E-state index in [1.165, 1.54) is 9.30 Å². The van der Waals surface area contributed by atoms with Crippen LogP contribution in [0.25, 0.3) is 11.7 Å². The van der Waals surface area contributed by atoms with Crippen LogP contribution in [-0.4, -0.2) is 37.6 Å². The molecule has 1 aliphatic heterocycles. The van der Waals surface area contributed by atoms with Crippen molar-refractivity contribution in [3.05, 3.63) is 70.0 Å². The quantitative estimate of drug-likeness (QED) is 0.458. The van der Waals surface area contributed by atoms with E-state index in [1.807, 2.05) is 13.0 Å². The summed E-state index contributed by atoms with van der Waals surface area (Å²) in [4.78, 5) is 32.1. The smallest absolute Gasteiger partial charge is 0.267 e. The number of thioether (sulfide) groups is 1. The fraction of sp³-hybridized carbons (Fsp3) is 0.158. The molecule has 1 aliphatic rings. The summed E-state index contributed by atoms with van der Waals surface area (Å²) in [6.07, 6.45) is 6.50. The maximum Gasteiger partial charge on any atom is 0.267 e. The normalized spacial score (nSPS) is 15.6. The summed E-state index contributed by atoms with van der Waals surface area (Å²) in [7, 11) is 0. The number of carbonyl (C=O) groups is 1. The van der Waals surface area contributed by atoms with Gasteiger partial charge in [0, 0.05) is 19.3 Å². The number of fused-ring (bicyclic) bond motifs is 1. The molecule has 1 N–H and O–H groups in total. The molecule has 2 aromatic heterocycles. The highest BCUT2D eigenvalue weighted by atomic mass is 32.2. The van der Waals surface area contributed by atoms with Gasteiger partial charge in [0.25, 0.3) is 11.5 Å². The van der Waals surface area contributed by atoms with Crippen molar-refractivity contribution in [2.45, 2.75) is 6.92 Å². The van der Waals surface area contributed by atoms with Gasteiger partial charge in [-0.2, -0.15) is 0 Å². The molecule has 138 valence electrons. The fourth-order valence-corrected chi connectivity index (χ4v) is 3.92. The van der Waals surface area contributed by atoms with Crippen LogP contribution in [0.4, 0.5) is 5.82 Å². The van der Waals surface area contributed by atoms with Gasteiger partial charge in [0.2, 0.25) is 0 Å². The first-order valence-electron chi connectivity index (χ1n) is 8.21. The third-order valence-electron chi connectivity index (χ3n) is 3.96. The zero-order valence-corrected chi connectivity index (χ0v) is 16.4. The molecule has 0 bridgehead atoms. The number of rotatable bonds is 6. The molecule has 0 aromatic carbocycles. The van der Waals surface area contributed by atoms with Gasteiger partial charge in [0.05, 0.1) is 10.5 Å². The van der Waals surface area contributed by atoms with E-state index in [0.717, 1.165) is 17.3 Å². The molecule has 6 nitrogen and oxygen atoms in total. The minimum atomic E-state index is -0.260. The first-order valence-corrected chi connectivity index (χ1v) is 9.43. The van der Waals surface area contributed by atoms with Crippen LogP contribution in [0.15, 0.2) is 53.3 Å². The summed E-state index contributed by atoms with van der Waals surface area (Å²) in [6, 6.07) is 3.68. The molecular weight excluding hydrogens is 380 g/mol. The summed E-state index contributed by atoms with van der Waals surface area (Å²) in [5.41, 5.74) is 1.48. The number of carbonyl (C=O) groups excluding carboxylic acids is 1. The van der Waals surface area contributed by atoms with Gasteiger partial charge in [0.15, 0.2) is 0 Å². The van der Waals surface area contributed by atoms with Crippen molar-refractivity contribution in [1.29, 1.82) is 0 Å². The number of nitrogens with one attached hydrogen (secondary N) is 1. The molecule has 0 spiro atoms. The Morgan fingerprint density at radius 1 is 1.33 bits per heavy atom. The molecule has 0 atom stereocenters. The Balaban J connectivity index is 2.18. The SMILES string of the molecule is C=CCNc1nc2c(C)cccn2c(=O)c1C=C1SC(=S)N(CC=C)C1=O. The molecular formula is C19H18N4O2S2. The van der Waals surface area contributed by atoms with Gasteiger partial charge in [-0.3, -0.25) is 18.9 Å². The van der Waals surface area contributed by atoms with E-state index in [-0.39, 0.29) is 11.5 Å². The number of nitrogens with zero attached hydrogens (tertiary/aromatic N) is 3. The Kier molecular flexibility index (Phi) is 5.57. The first kappa shape index (κ1) is 19.1. The zero-order valence-electron chi connectivity index (χ0n) is 14.8. The van der Waals surface area contributed by atoms with Crippen molar-refractivity contribution in [2.75, 3.05) is 18.4 Å². The molecule has 1 amide bonds. The number of hydrogen-bond donors (Lipinski definition) is 1. The number of hydrogen-bond acceptors (Lipinski definition) is 6. The van der Waals surface area contributed by atoms with E-state index < -0.39 is 0 Å².